The molecule has 0 spiro atoms. The third-order valence-corrected chi connectivity index (χ3v) is 4.90. The maximum atomic E-state index is 12.4. The number of amides is 1. The number of guanidine groups is 1. The molecule has 1 heterocycles. The molecule has 1 amide bonds. The maximum absolute atomic E-state index is 12.4. The summed E-state index contributed by atoms with van der Waals surface area (Å²) in [6.45, 7) is 7.72. The first kappa shape index (κ1) is 22.4. The summed E-state index contributed by atoms with van der Waals surface area (Å²) in [7, 11) is 1.67. The lowest BCUT2D eigenvalue weighted by atomic mass is 10.1. The van der Waals surface area contributed by atoms with Crippen LogP contribution in [0.5, 0.6) is 0 Å². The molecule has 2 fully saturated rings. The fraction of sp³-hybridized carbons (Fsp3) is 0.882. The molecule has 1 aliphatic carbocycles. The minimum absolute atomic E-state index is 0. The van der Waals surface area contributed by atoms with Crippen molar-refractivity contribution in [3.05, 3.63) is 0 Å². The average Bonchev–Trinajstić information content (AvgIpc) is 3.09. The quantitative estimate of drug-likeness (QED) is 0.330. The zero-order valence-electron chi connectivity index (χ0n) is 15.6. The molecule has 0 radical (unpaired) electrons. The molecule has 7 nitrogen and oxygen atoms in total. The second-order valence-corrected chi connectivity index (χ2v) is 6.92. The minimum Gasteiger partial charge on any atom is -0.383 e. The largest absolute Gasteiger partial charge is 0.383 e. The van der Waals surface area contributed by atoms with Crippen LogP contribution in [0, 0.1) is 5.92 Å². The first-order chi connectivity index (χ1) is 11.6. The highest BCUT2D eigenvalue weighted by Crippen LogP contribution is 2.26. The van der Waals surface area contributed by atoms with Gasteiger partial charge in [0.25, 0.3) is 0 Å². The minimum atomic E-state index is 0. The van der Waals surface area contributed by atoms with E-state index in [1.54, 1.807) is 7.11 Å². The van der Waals surface area contributed by atoms with Gasteiger partial charge in [0.05, 0.1) is 13.2 Å². The molecule has 0 bridgehead atoms. The van der Waals surface area contributed by atoms with Gasteiger partial charge in [0, 0.05) is 51.8 Å². The fourth-order valence-electron chi connectivity index (χ4n) is 3.52. The number of carbonyl (C=O) groups is 1. The van der Waals surface area contributed by atoms with Gasteiger partial charge in [0.15, 0.2) is 5.96 Å². The Morgan fingerprint density at radius 1 is 1.28 bits per heavy atom. The molecule has 1 saturated heterocycles. The van der Waals surface area contributed by atoms with E-state index in [-0.39, 0.29) is 30.0 Å². The van der Waals surface area contributed by atoms with Crippen molar-refractivity contribution in [1.29, 1.82) is 0 Å². The molecule has 1 unspecified atom stereocenters. The van der Waals surface area contributed by atoms with Crippen LogP contribution >= 0.6 is 24.0 Å². The lowest BCUT2D eigenvalue weighted by Gasteiger charge is -2.35. The summed E-state index contributed by atoms with van der Waals surface area (Å²) in [5, 5.41) is 3.10. The van der Waals surface area contributed by atoms with Gasteiger partial charge in [-0.25, -0.2) is 0 Å². The van der Waals surface area contributed by atoms with Gasteiger partial charge in [0.2, 0.25) is 5.91 Å². The van der Waals surface area contributed by atoms with E-state index in [9.17, 15) is 4.79 Å². The number of ether oxygens (including phenoxy) is 1. The molecule has 0 aromatic rings. The highest BCUT2D eigenvalue weighted by molar-refractivity contribution is 14.0. The van der Waals surface area contributed by atoms with Gasteiger partial charge in [-0.2, -0.15) is 0 Å². The molecule has 3 N–H and O–H groups in total. The Bertz CT molecular complexity index is 421. The van der Waals surface area contributed by atoms with E-state index in [1.165, 1.54) is 12.8 Å². The van der Waals surface area contributed by atoms with E-state index < -0.39 is 0 Å². The Balaban J connectivity index is 0.00000312. The molecule has 2 aliphatic rings. The summed E-state index contributed by atoms with van der Waals surface area (Å²) >= 11 is 0. The van der Waals surface area contributed by atoms with Crippen LogP contribution in [-0.2, 0) is 9.53 Å². The highest BCUT2D eigenvalue weighted by atomic mass is 127. The SMILES string of the molecule is COCC(C)NC(N)=NCCN1CCN(C(=O)C2CCCC2)CC1.I. The number of carbonyl (C=O) groups excluding carboxylic acids is 1. The van der Waals surface area contributed by atoms with E-state index in [0.29, 0.717) is 30.9 Å². The standard InChI is InChI=1S/C17H33N5O2.HI/c1-14(13-24-2)20-17(18)19-7-8-21-9-11-22(12-10-21)16(23)15-5-3-4-6-15;/h14-15H,3-13H2,1-2H3,(H3,18,19,20);1H. The number of hydrogen-bond acceptors (Lipinski definition) is 4. The molecule has 2 rings (SSSR count). The molecule has 146 valence electrons. The first-order valence-electron chi connectivity index (χ1n) is 9.16. The van der Waals surface area contributed by atoms with Gasteiger partial charge in [0.1, 0.15) is 0 Å². The molecule has 8 heteroatoms. The summed E-state index contributed by atoms with van der Waals surface area (Å²) in [5.74, 6) is 1.14. The Hall–Kier alpha value is -0.610. The zero-order valence-corrected chi connectivity index (χ0v) is 17.9. The molecule has 1 atom stereocenters. The number of rotatable bonds is 7. The zero-order chi connectivity index (χ0) is 17.4. The van der Waals surface area contributed by atoms with Crippen molar-refractivity contribution >= 4 is 35.8 Å². The number of nitrogens with two attached hydrogens (primary N) is 1. The Kier molecular flexibility index (Phi) is 10.7. The number of piperazine rings is 1. The summed E-state index contributed by atoms with van der Waals surface area (Å²) in [6, 6.07) is 0.156. The van der Waals surface area contributed by atoms with Gasteiger partial charge < -0.3 is 20.7 Å². The van der Waals surface area contributed by atoms with Crippen LogP contribution in [0.4, 0.5) is 0 Å². The van der Waals surface area contributed by atoms with Crippen molar-refractivity contribution < 1.29 is 9.53 Å². The molecule has 1 saturated carbocycles. The fourth-order valence-corrected chi connectivity index (χ4v) is 3.52. The number of nitrogens with one attached hydrogen (secondary N) is 1. The third kappa shape index (κ3) is 7.65. The van der Waals surface area contributed by atoms with Crippen molar-refractivity contribution in [2.24, 2.45) is 16.6 Å². The summed E-state index contributed by atoms with van der Waals surface area (Å²) in [6.07, 6.45) is 4.60. The van der Waals surface area contributed by atoms with Crippen molar-refractivity contribution in [1.82, 2.24) is 15.1 Å². The van der Waals surface area contributed by atoms with E-state index in [2.05, 4.69) is 20.1 Å². The Morgan fingerprint density at radius 2 is 1.92 bits per heavy atom. The number of halogens is 1. The first-order valence-corrected chi connectivity index (χ1v) is 9.16. The highest BCUT2D eigenvalue weighted by Gasteiger charge is 2.29. The second kappa shape index (κ2) is 11.9. The maximum Gasteiger partial charge on any atom is 0.225 e. The monoisotopic (exact) mass is 467 g/mol. The smallest absolute Gasteiger partial charge is 0.225 e. The van der Waals surface area contributed by atoms with Crippen LogP contribution < -0.4 is 11.1 Å². The Morgan fingerprint density at radius 3 is 2.52 bits per heavy atom. The average molecular weight is 467 g/mol. The van der Waals surface area contributed by atoms with E-state index in [0.717, 1.165) is 45.6 Å². The van der Waals surface area contributed by atoms with Crippen LogP contribution in [0.2, 0.25) is 0 Å². The number of hydrogen-bond donors (Lipinski definition) is 2. The van der Waals surface area contributed by atoms with Gasteiger partial charge in [-0.05, 0) is 19.8 Å². The van der Waals surface area contributed by atoms with Crippen LogP contribution in [0.15, 0.2) is 4.99 Å². The van der Waals surface area contributed by atoms with Gasteiger partial charge in [-0.3, -0.25) is 14.7 Å². The summed E-state index contributed by atoms with van der Waals surface area (Å²) in [5.41, 5.74) is 5.86. The summed E-state index contributed by atoms with van der Waals surface area (Å²) in [4.78, 5) is 21.2. The Labute approximate surface area is 168 Å². The topological polar surface area (TPSA) is 83.2 Å². The van der Waals surface area contributed by atoms with Crippen LogP contribution in [0.3, 0.4) is 0 Å². The predicted octanol–water partition coefficient (Wildman–Crippen LogP) is 0.878. The van der Waals surface area contributed by atoms with E-state index in [1.807, 2.05) is 6.92 Å². The van der Waals surface area contributed by atoms with E-state index in [4.69, 9.17) is 10.5 Å². The molecular formula is C17H34IN5O2. The summed E-state index contributed by atoms with van der Waals surface area (Å²) < 4.78 is 5.06. The van der Waals surface area contributed by atoms with Crippen molar-refractivity contribution in [2.45, 2.75) is 38.6 Å². The predicted molar refractivity (Wildman–Crippen MR) is 111 cm³/mol. The molecule has 1 aliphatic heterocycles. The lowest BCUT2D eigenvalue weighted by Crippen LogP contribution is -2.50. The van der Waals surface area contributed by atoms with Crippen LogP contribution in [0.25, 0.3) is 0 Å². The van der Waals surface area contributed by atoms with Crippen LogP contribution in [0.1, 0.15) is 32.6 Å². The molecule has 0 aromatic carbocycles. The van der Waals surface area contributed by atoms with E-state index >= 15 is 0 Å². The number of nitrogens with zero attached hydrogens (tertiary/aromatic N) is 3. The van der Waals surface area contributed by atoms with Crippen molar-refractivity contribution in [2.75, 3.05) is 53.0 Å². The number of methoxy groups -OCH3 is 1. The lowest BCUT2D eigenvalue weighted by molar-refractivity contribution is -0.137. The normalized spacial score (nSPS) is 21.0. The van der Waals surface area contributed by atoms with Crippen LogP contribution in [-0.4, -0.2) is 80.7 Å². The second-order valence-electron chi connectivity index (χ2n) is 6.92. The molecule has 0 aromatic heterocycles. The molecule has 25 heavy (non-hydrogen) atoms. The van der Waals surface area contributed by atoms with Gasteiger partial charge in [-0.1, -0.05) is 12.8 Å². The van der Waals surface area contributed by atoms with Crippen molar-refractivity contribution in [3.63, 3.8) is 0 Å². The number of aliphatic imine (C=N–C) groups is 1. The third-order valence-electron chi connectivity index (χ3n) is 4.90. The van der Waals surface area contributed by atoms with Crippen molar-refractivity contribution in [3.8, 4) is 0 Å². The van der Waals surface area contributed by atoms with Gasteiger partial charge in [-0.15, -0.1) is 24.0 Å². The van der Waals surface area contributed by atoms with Gasteiger partial charge >= 0.3 is 0 Å². The molecular weight excluding hydrogens is 433 g/mol.